The molecule has 6 nitrogen and oxygen atoms in total. The first-order chi connectivity index (χ1) is 9.64. The van der Waals surface area contributed by atoms with Gasteiger partial charge in [-0.2, -0.15) is 13.2 Å². The fraction of sp³-hybridized carbons (Fsp3) is 0.750. The van der Waals surface area contributed by atoms with E-state index in [0.29, 0.717) is 11.3 Å². The van der Waals surface area contributed by atoms with Crippen LogP contribution in [0.15, 0.2) is 0 Å². The summed E-state index contributed by atoms with van der Waals surface area (Å²) in [4.78, 5) is 34.8. The highest BCUT2D eigenvalue weighted by Crippen LogP contribution is 2.24. The number of amides is 2. The topological polar surface area (TPSA) is 86.7 Å². The van der Waals surface area contributed by atoms with Gasteiger partial charge in [-0.25, -0.2) is 4.79 Å². The lowest BCUT2D eigenvalue weighted by atomic mass is 10.1. The van der Waals surface area contributed by atoms with Gasteiger partial charge in [-0.3, -0.25) is 9.59 Å². The van der Waals surface area contributed by atoms with Crippen molar-refractivity contribution >= 4 is 17.8 Å². The smallest absolute Gasteiger partial charge is 0.406 e. The number of likely N-dealkylation sites (tertiary alicyclic amines) is 1. The Morgan fingerprint density at radius 3 is 2.57 bits per heavy atom. The summed E-state index contributed by atoms with van der Waals surface area (Å²) in [6, 6.07) is -1.09. The third-order valence-electron chi connectivity index (χ3n) is 3.15. The van der Waals surface area contributed by atoms with E-state index < -0.39 is 42.5 Å². The van der Waals surface area contributed by atoms with Gasteiger partial charge in [0.2, 0.25) is 11.8 Å². The molecule has 2 N–H and O–H groups in total. The number of carbonyl (C=O) groups is 3. The second-order valence-electron chi connectivity index (χ2n) is 4.98. The predicted molar refractivity (Wildman–Crippen MR) is 65.2 cm³/mol. The second kappa shape index (κ2) is 6.77. The Morgan fingerprint density at radius 1 is 1.48 bits per heavy atom. The molecule has 0 aromatic heterocycles. The van der Waals surface area contributed by atoms with E-state index in [1.807, 2.05) is 0 Å². The first-order valence-corrected chi connectivity index (χ1v) is 6.51. The van der Waals surface area contributed by atoms with Gasteiger partial charge in [0.25, 0.3) is 0 Å². The SMILES string of the molecule is CCC[C@@H](NC(=O)C1CC(=O)N(CC(F)(F)F)C1)C(=O)O. The lowest BCUT2D eigenvalue weighted by Crippen LogP contribution is -2.44. The van der Waals surface area contributed by atoms with Crippen molar-refractivity contribution < 1.29 is 32.7 Å². The van der Waals surface area contributed by atoms with Crippen LogP contribution in [-0.2, 0) is 14.4 Å². The number of hydrogen-bond donors (Lipinski definition) is 2. The standard InChI is InChI=1S/C12H17F3N2O4/c1-2-3-8(11(20)21)16-10(19)7-4-9(18)17(5-7)6-12(13,14)15/h7-8H,2-6H2,1H3,(H,16,19)(H,20,21)/t7?,8-/m1/s1. The van der Waals surface area contributed by atoms with Crippen molar-refractivity contribution in [1.82, 2.24) is 10.2 Å². The molecule has 0 aromatic rings. The molecule has 1 unspecified atom stereocenters. The third-order valence-corrected chi connectivity index (χ3v) is 3.15. The van der Waals surface area contributed by atoms with Gasteiger partial charge in [0, 0.05) is 13.0 Å². The summed E-state index contributed by atoms with van der Waals surface area (Å²) >= 11 is 0. The van der Waals surface area contributed by atoms with E-state index in [1.165, 1.54) is 0 Å². The number of carbonyl (C=O) groups excluding carboxylic acids is 2. The molecule has 1 saturated heterocycles. The number of aliphatic carboxylic acids is 1. The molecular weight excluding hydrogens is 293 g/mol. The number of carboxylic acid groups (broad SMARTS) is 1. The lowest BCUT2D eigenvalue weighted by Gasteiger charge is -2.19. The van der Waals surface area contributed by atoms with E-state index in [-0.39, 0.29) is 19.4 Å². The molecule has 2 amide bonds. The van der Waals surface area contributed by atoms with Crippen LogP contribution in [0.2, 0.25) is 0 Å². The van der Waals surface area contributed by atoms with Crippen molar-refractivity contribution in [3.05, 3.63) is 0 Å². The maximum absolute atomic E-state index is 12.3. The van der Waals surface area contributed by atoms with E-state index in [1.54, 1.807) is 6.92 Å². The molecule has 1 heterocycles. The highest BCUT2D eigenvalue weighted by Gasteiger charge is 2.41. The average molecular weight is 310 g/mol. The minimum atomic E-state index is -4.52. The Morgan fingerprint density at radius 2 is 2.10 bits per heavy atom. The molecule has 0 bridgehead atoms. The fourth-order valence-corrected chi connectivity index (χ4v) is 2.15. The van der Waals surface area contributed by atoms with Crippen molar-refractivity contribution in [2.75, 3.05) is 13.1 Å². The lowest BCUT2D eigenvalue weighted by molar-refractivity contribution is -0.157. The zero-order chi connectivity index (χ0) is 16.2. The zero-order valence-corrected chi connectivity index (χ0v) is 11.4. The summed E-state index contributed by atoms with van der Waals surface area (Å²) in [6.07, 6.45) is -4.11. The van der Waals surface area contributed by atoms with Gasteiger partial charge in [0.05, 0.1) is 5.92 Å². The molecule has 1 fully saturated rings. The Hall–Kier alpha value is -1.80. The zero-order valence-electron chi connectivity index (χ0n) is 11.4. The van der Waals surface area contributed by atoms with Crippen LogP contribution in [0.5, 0.6) is 0 Å². The van der Waals surface area contributed by atoms with E-state index in [0.717, 1.165) is 0 Å². The molecule has 0 saturated carbocycles. The molecule has 0 aromatic carbocycles. The number of hydrogen-bond acceptors (Lipinski definition) is 3. The average Bonchev–Trinajstić information content (AvgIpc) is 2.68. The molecule has 1 aliphatic heterocycles. The minimum absolute atomic E-state index is 0.216. The Kier molecular flexibility index (Phi) is 5.56. The maximum atomic E-state index is 12.3. The maximum Gasteiger partial charge on any atom is 0.406 e. The Bertz CT molecular complexity index is 425. The van der Waals surface area contributed by atoms with Crippen LogP contribution >= 0.6 is 0 Å². The number of nitrogens with zero attached hydrogens (tertiary/aromatic N) is 1. The fourth-order valence-electron chi connectivity index (χ4n) is 2.15. The molecule has 21 heavy (non-hydrogen) atoms. The molecular formula is C12H17F3N2O4. The van der Waals surface area contributed by atoms with Crippen molar-refractivity contribution in [2.24, 2.45) is 5.92 Å². The molecule has 1 aliphatic rings. The molecule has 1 rings (SSSR count). The first kappa shape index (κ1) is 17.3. The summed E-state index contributed by atoms with van der Waals surface area (Å²) in [7, 11) is 0. The predicted octanol–water partition coefficient (Wildman–Crippen LogP) is 0.767. The van der Waals surface area contributed by atoms with Gasteiger partial charge >= 0.3 is 12.1 Å². The van der Waals surface area contributed by atoms with Gasteiger partial charge in [0.1, 0.15) is 12.6 Å². The van der Waals surface area contributed by atoms with Gasteiger partial charge in [0.15, 0.2) is 0 Å². The van der Waals surface area contributed by atoms with Crippen molar-refractivity contribution in [3.8, 4) is 0 Å². The van der Waals surface area contributed by atoms with E-state index >= 15 is 0 Å². The number of nitrogens with one attached hydrogen (secondary N) is 1. The van der Waals surface area contributed by atoms with Crippen LogP contribution in [0.1, 0.15) is 26.2 Å². The summed E-state index contributed by atoms with van der Waals surface area (Å²) in [5, 5.41) is 11.2. The highest BCUT2D eigenvalue weighted by molar-refractivity contribution is 5.91. The molecule has 0 aliphatic carbocycles. The molecule has 0 spiro atoms. The number of rotatable bonds is 6. The Balaban J connectivity index is 2.60. The largest absolute Gasteiger partial charge is 0.480 e. The molecule has 0 radical (unpaired) electrons. The van der Waals surface area contributed by atoms with Crippen LogP contribution in [0.25, 0.3) is 0 Å². The van der Waals surface area contributed by atoms with Crippen LogP contribution < -0.4 is 5.32 Å². The summed E-state index contributed by atoms with van der Waals surface area (Å²) in [5.41, 5.74) is 0. The minimum Gasteiger partial charge on any atom is -0.480 e. The number of halogens is 3. The monoisotopic (exact) mass is 310 g/mol. The van der Waals surface area contributed by atoms with Crippen LogP contribution in [0, 0.1) is 5.92 Å². The number of carboxylic acids is 1. The van der Waals surface area contributed by atoms with Gasteiger partial charge < -0.3 is 15.3 Å². The summed E-state index contributed by atoms with van der Waals surface area (Å²) in [6.45, 7) is 0.00182. The molecule has 2 atom stereocenters. The quantitative estimate of drug-likeness (QED) is 0.758. The normalized spacial score (nSPS) is 20.5. The van der Waals surface area contributed by atoms with Crippen LogP contribution in [-0.4, -0.2) is 53.1 Å². The van der Waals surface area contributed by atoms with Gasteiger partial charge in [-0.05, 0) is 6.42 Å². The first-order valence-electron chi connectivity index (χ1n) is 6.51. The molecule has 120 valence electrons. The van der Waals surface area contributed by atoms with E-state index in [9.17, 15) is 27.6 Å². The summed E-state index contributed by atoms with van der Waals surface area (Å²) < 4.78 is 36.8. The van der Waals surface area contributed by atoms with Crippen molar-refractivity contribution in [1.29, 1.82) is 0 Å². The van der Waals surface area contributed by atoms with Crippen molar-refractivity contribution in [3.63, 3.8) is 0 Å². The van der Waals surface area contributed by atoms with Crippen LogP contribution in [0.4, 0.5) is 13.2 Å². The van der Waals surface area contributed by atoms with Crippen LogP contribution in [0.3, 0.4) is 0 Å². The van der Waals surface area contributed by atoms with E-state index in [4.69, 9.17) is 5.11 Å². The van der Waals surface area contributed by atoms with E-state index in [2.05, 4.69) is 5.32 Å². The summed E-state index contributed by atoms with van der Waals surface area (Å²) in [5.74, 6) is -3.61. The highest BCUT2D eigenvalue weighted by atomic mass is 19.4. The van der Waals surface area contributed by atoms with Gasteiger partial charge in [-0.1, -0.05) is 13.3 Å². The Labute approximate surface area is 119 Å². The third kappa shape index (κ3) is 5.24. The number of alkyl halides is 3. The molecule has 9 heteroatoms. The second-order valence-corrected chi connectivity index (χ2v) is 4.98. The van der Waals surface area contributed by atoms with Crippen molar-refractivity contribution in [2.45, 2.75) is 38.4 Å². The van der Waals surface area contributed by atoms with Gasteiger partial charge in [-0.15, -0.1) is 0 Å².